The lowest BCUT2D eigenvalue weighted by Crippen LogP contribution is -2.40. The van der Waals surface area contributed by atoms with Gasteiger partial charge in [0, 0.05) is 32.4 Å². The molecule has 1 saturated heterocycles. The van der Waals surface area contributed by atoms with Gasteiger partial charge in [-0.1, -0.05) is 18.2 Å². The zero-order valence-corrected chi connectivity index (χ0v) is 17.2. The number of aromatic nitrogens is 2. The maximum Gasteiger partial charge on any atom is 0.410 e. The van der Waals surface area contributed by atoms with Crippen molar-refractivity contribution < 1.29 is 19.1 Å². The van der Waals surface area contributed by atoms with Crippen molar-refractivity contribution in [2.75, 3.05) is 26.2 Å². The fourth-order valence-corrected chi connectivity index (χ4v) is 3.00. The maximum atomic E-state index is 12.8. The SMILES string of the molecule is CC(C)(C)OC(=O)N1CCCN(C(=O)c2ccn(COc3ccccc3)n2)CC1. The first-order valence-electron chi connectivity index (χ1n) is 9.80. The molecule has 2 heterocycles. The van der Waals surface area contributed by atoms with E-state index < -0.39 is 5.60 Å². The van der Waals surface area contributed by atoms with Gasteiger partial charge in [0.2, 0.25) is 0 Å². The standard InChI is InChI=1S/C21H28N4O4/c1-21(2,3)29-20(27)24-12-7-11-23(14-15-24)19(26)18-10-13-25(22-18)16-28-17-8-5-4-6-9-17/h4-6,8-10,13H,7,11-12,14-16H2,1-3H3. The summed E-state index contributed by atoms with van der Waals surface area (Å²) >= 11 is 0. The Morgan fingerprint density at radius 2 is 1.69 bits per heavy atom. The zero-order chi connectivity index (χ0) is 20.9. The van der Waals surface area contributed by atoms with E-state index in [-0.39, 0.29) is 18.7 Å². The molecule has 2 aromatic rings. The molecular weight excluding hydrogens is 372 g/mol. The molecule has 0 N–H and O–H groups in total. The van der Waals surface area contributed by atoms with E-state index in [9.17, 15) is 9.59 Å². The van der Waals surface area contributed by atoms with Crippen LogP contribution in [0.3, 0.4) is 0 Å². The summed E-state index contributed by atoms with van der Waals surface area (Å²) in [5.74, 6) is 0.597. The summed E-state index contributed by atoms with van der Waals surface area (Å²) < 4.78 is 12.7. The molecule has 1 aliphatic rings. The van der Waals surface area contributed by atoms with Crippen LogP contribution in [0.4, 0.5) is 4.79 Å². The van der Waals surface area contributed by atoms with Gasteiger partial charge in [0.25, 0.3) is 5.91 Å². The molecule has 1 aliphatic heterocycles. The van der Waals surface area contributed by atoms with Gasteiger partial charge >= 0.3 is 6.09 Å². The molecule has 3 rings (SSSR count). The summed E-state index contributed by atoms with van der Waals surface area (Å²) in [6.45, 7) is 7.79. The molecule has 0 bridgehead atoms. The number of hydrogen-bond donors (Lipinski definition) is 0. The highest BCUT2D eigenvalue weighted by molar-refractivity contribution is 5.92. The van der Waals surface area contributed by atoms with Gasteiger partial charge in [0.05, 0.1) is 0 Å². The Morgan fingerprint density at radius 3 is 2.41 bits per heavy atom. The fraction of sp³-hybridized carbons (Fsp3) is 0.476. The van der Waals surface area contributed by atoms with Crippen molar-refractivity contribution in [3.05, 3.63) is 48.3 Å². The Morgan fingerprint density at radius 1 is 1.00 bits per heavy atom. The number of para-hydroxylation sites is 1. The Labute approximate surface area is 171 Å². The van der Waals surface area contributed by atoms with E-state index in [2.05, 4.69) is 5.10 Å². The molecule has 0 radical (unpaired) electrons. The number of carbonyl (C=O) groups excluding carboxylic acids is 2. The van der Waals surface area contributed by atoms with Gasteiger partial charge in [-0.2, -0.15) is 5.10 Å². The van der Waals surface area contributed by atoms with Gasteiger partial charge in [-0.25, -0.2) is 9.48 Å². The van der Waals surface area contributed by atoms with Crippen molar-refractivity contribution in [3.63, 3.8) is 0 Å². The van der Waals surface area contributed by atoms with Crippen molar-refractivity contribution in [2.45, 2.75) is 39.5 Å². The summed E-state index contributed by atoms with van der Waals surface area (Å²) in [4.78, 5) is 28.5. The normalized spacial score (nSPS) is 15.0. The molecule has 1 aromatic heterocycles. The number of hydrogen-bond acceptors (Lipinski definition) is 5. The van der Waals surface area contributed by atoms with Crippen LogP contribution in [-0.4, -0.2) is 63.4 Å². The van der Waals surface area contributed by atoms with Crippen LogP contribution in [0.1, 0.15) is 37.7 Å². The molecule has 8 nitrogen and oxygen atoms in total. The highest BCUT2D eigenvalue weighted by Crippen LogP contribution is 2.14. The van der Waals surface area contributed by atoms with Crippen molar-refractivity contribution in [1.82, 2.24) is 19.6 Å². The topological polar surface area (TPSA) is 76.9 Å². The minimum atomic E-state index is -0.534. The predicted octanol–water partition coefficient (Wildman–Crippen LogP) is 3.00. The molecular formula is C21H28N4O4. The third-order valence-corrected chi connectivity index (χ3v) is 4.40. The van der Waals surface area contributed by atoms with Crippen LogP contribution >= 0.6 is 0 Å². The monoisotopic (exact) mass is 400 g/mol. The molecule has 0 unspecified atom stereocenters. The Kier molecular flexibility index (Phi) is 6.41. The molecule has 0 atom stereocenters. The second-order valence-electron chi connectivity index (χ2n) is 7.94. The van der Waals surface area contributed by atoms with Crippen LogP contribution in [0.15, 0.2) is 42.6 Å². The van der Waals surface area contributed by atoms with E-state index in [1.807, 2.05) is 51.1 Å². The number of rotatable bonds is 4. The fourth-order valence-electron chi connectivity index (χ4n) is 3.00. The lowest BCUT2D eigenvalue weighted by Gasteiger charge is -2.26. The van der Waals surface area contributed by atoms with Crippen molar-refractivity contribution in [2.24, 2.45) is 0 Å². The average Bonchev–Trinajstić information content (AvgIpc) is 3.01. The zero-order valence-electron chi connectivity index (χ0n) is 17.2. The van der Waals surface area contributed by atoms with E-state index in [1.165, 1.54) is 0 Å². The van der Waals surface area contributed by atoms with Crippen LogP contribution < -0.4 is 4.74 Å². The summed E-state index contributed by atoms with van der Waals surface area (Å²) in [6, 6.07) is 11.1. The number of nitrogens with zero attached hydrogens (tertiary/aromatic N) is 4. The van der Waals surface area contributed by atoms with Crippen LogP contribution in [0.5, 0.6) is 5.75 Å². The summed E-state index contributed by atoms with van der Waals surface area (Å²) in [7, 11) is 0. The second kappa shape index (κ2) is 8.98. The molecule has 0 spiro atoms. The predicted molar refractivity (Wildman–Crippen MR) is 108 cm³/mol. The summed E-state index contributed by atoms with van der Waals surface area (Å²) in [6.07, 6.45) is 2.08. The van der Waals surface area contributed by atoms with Crippen LogP contribution in [0.25, 0.3) is 0 Å². The quantitative estimate of drug-likeness (QED) is 0.789. The van der Waals surface area contributed by atoms with Gasteiger partial charge in [0.15, 0.2) is 12.4 Å². The van der Waals surface area contributed by atoms with Gasteiger partial charge in [-0.15, -0.1) is 0 Å². The smallest absolute Gasteiger partial charge is 0.410 e. The Balaban J connectivity index is 1.54. The van der Waals surface area contributed by atoms with E-state index in [0.29, 0.717) is 38.3 Å². The van der Waals surface area contributed by atoms with E-state index in [4.69, 9.17) is 9.47 Å². The van der Waals surface area contributed by atoms with Crippen LogP contribution in [0, 0.1) is 0 Å². The number of ether oxygens (including phenoxy) is 2. The first-order valence-corrected chi connectivity index (χ1v) is 9.80. The van der Waals surface area contributed by atoms with Crippen molar-refractivity contribution >= 4 is 12.0 Å². The number of benzene rings is 1. The van der Waals surface area contributed by atoms with Crippen LogP contribution in [0.2, 0.25) is 0 Å². The molecule has 1 fully saturated rings. The first kappa shape index (κ1) is 20.7. The van der Waals surface area contributed by atoms with E-state index >= 15 is 0 Å². The van der Waals surface area contributed by atoms with Crippen LogP contribution in [-0.2, 0) is 11.5 Å². The maximum absolute atomic E-state index is 12.8. The Bertz CT molecular complexity index is 829. The van der Waals surface area contributed by atoms with Gasteiger partial charge in [-0.3, -0.25) is 4.79 Å². The molecule has 1 aromatic carbocycles. The lowest BCUT2D eigenvalue weighted by molar-refractivity contribution is 0.0255. The number of carbonyl (C=O) groups is 2. The van der Waals surface area contributed by atoms with Gasteiger partial charge in [0.1, 0.15) is 11.4 Å². The third kappa shape index (κ3) is 5.97. The second-order valence-corrected chi connectivity index (χ2v) is 7.94. The number of amides is 2. The van der Waals surface area contributed by atoms with Gasteiger partial charge < -0.3 is 19.3 Å². The molecule has 156 valence electrons. The first-order chi connectivity index (χ1) is 13.8. The van der Waals surface area contributed by atoms with E-state index in [0.717, 1.165) is 5.75 Å². The minimum Gasteiger partial charge on any atom is -0.471 e. The molecule has 2 amide bonds. The summed E-state index contributed by atoms with van der Waals surface area (Å²) in [5.41, 5.74) is -0.166. The highest BCUT2D eigenvalue weighted by atomic mass is 16.6. The lowest BCUT2D eigenvalue weighted by atomic mass is 10.2. The van der Waals surface area contributed by atoms with Gasteiger partial charge in [-0.05, 0) is 45.4 Å². The average molecular weight is 400 g/mol. The highest BCUT2D eigenvalue weighted by Gasteiger charge is 2.27. The van der Waals surface area contributed by atoms with Crippen molar-refractivity contribution in [1.29, 1.82) is 0 Å². The largest absolute Gasteiger partial charge is 0.471 e. The molecule has 0 aliphatic carbocycles. The minimum absolute atomic E-state index is 0.144. The molecule has 29 heavy (non-hydrogen) atoms. The summed E-state index contributed by atoms with van der Waals surface area (Å²) in [5, 5.41) is 4.33. The third-order valence-electron chi connectivity index (χ3n) is 4.40. The molecule has 0 saturated carbocycles. The Hall–Kier alpha value is -3.03. The van der Waals surface area contributed by atoms with E-state index in [1.54, 1.807) is 26.7 Å². The molecule has 8 heteroatoms. The van der Waals surface area contributed by atoms with Crippen molar-refractivity contribution in [3.8, 4) is 5.75 Å².